The third-order valence-electron chi connectivity index (χ3n) is 6.89. The van der Waals surface area contributed by atoms with Crippen molar-refractivity contribution in [3.8, 4) is 0 Å². The average molecular weight is 389 g/mol. The maximum Gasteiger partial charge on any atom is 0.239 e. The minimum Gasteiger partial charge on any atom is -0.348 e. The van der Waals surface area contributed by atoms with Gasteiger partial charge in [-0.3, -0.25) is 9.59 Å². The Bertz CT molecular complexity index is 680. The number of carbonyl (C=O) groups is 2. The van der Waals surface area contributed by atoms with Gasteiger partial charge in [0.05, 0.1) is 12.6 Å². The van der Waals surface area contributed by atoms with E-state index in [1.807, 2.05) is 31.2 Å². The zero-order chi connectivity index (χ0) is 19.0. The topological polar surface area (TPSA) is 58.2 Å². The molecule has 1 aromatic rings. The number of carbonyl (C=O) groups excluding carboxylic acids is 2. The van der Waals surface area contributed by atoms with Crippen molar-refractivity contribution in [1.29, 1.82) is 0 Å². The second-order valence-electron chi connectivity index (χ2n) is 9.21. The number of halogens is 1. The number of nitrogens with one attached hydrogen (secondary N) is 2. The van der Waals surface area contributed by atoms with Crippen LogP contribution in [0.25, 0.3) is 0 Å². The van der Waals surface area contributed by atoms with Crippen LogP contribution >= 0.6 is 11.6 Å². The Kier molecular flexibility index (Phi) is 5.19. The van der Waals surface area contributed by atoms with Gasteiger partial charge in [0.2, 0.25) is 11.8 Å². The number of hydrogen-bond donors (Lipinski definition) is 2. The molecule has 0 heterocycles. The molecule has 1 unspecified atom stereocenters. The molecule has 0 spiro atoms. The maximum absolute atomic E-state index is 12.5. The Morgan fingerprint density at radius 3 is 2.15 bits per heavy atom. The number of amides is 2. The highest BCUT2D eigenvalue weighted by molar-refractivity contribution is 6.30. The molecule has 5 heteroatoms. The second kappa shape index (κ2) is 7.46. The first-order chi connectivity index (χ1) is 12.9. The summed E-state index contributed by atoms with van der Waals surface area (Å²) in [6.45, 7) is 1.97. The van der Waals surface area contributed by atoms with Crippen molar-refractivity contribution in [3.05, 3.63) is 34.9 Å². The van der Waals surface area contributed by atoms with Crippen LogP contribution in [0.5, 0.6) is 0 Å². The van der Waals surface area contributed by atoms with Gasteiger partial charge in [-0.25, -0.2) is 0 Å². The van der Waals surface area contributed by atoms with Crippen molar-refractivity contribution in [3.63, 3.8) is 0 Å². The molecule has 4 bridgehead atoms. The van der Waals surface area contributed by atoms with Gasteiger partial charge in [-0.2, -0.15) is 0 Å². The molecule has 4 nitrogen and oxygen atoms in total. The first-order valence-corrected chi connectivity index (χ1v) is 10.6. The molecule has 0 aromatic heterocycles. The van der Waals surface area contributed by atoms with E-state index in [1.165, 1.54) is 38.5 Å². The van der Waals surface area contributed by atoms with Crippen molar-refractivity contribution in [2.75, 3.05) is 6.54 Å². The highest BCUT2D eigenvalue weighted by atomic mass is 35.5. The second-order valence-corrected chi connectivity index (χ2v) is 9.65. The lowest BCUT2D eigenvalue weighted by molar-refractivity contribution is -0.132. The minimum absolute atomic E-state index is 0.0336. The summed E-state index contributed by atoms with van der Waals surface area (Å²) in [5.41, 5.74) is 1.21. The molecule has 2 N–H and O–H groups in total. The Hall–Kier alpha value is -1.55. The van der Waals surface area contributed by atoms with E-state index in [0.29, 0.717) is 11.4 Å². The van der Waals surface area contributed by atoms with Crippen LogP contribution in [-0.4, -0.2) is 18.4 Å². The molecule has 0 saturated heterocycles. The third kappa shape index (κ3) is 4.31. The molecule has 146 valence electrons. The molecule has 1 atom stereocenters. The lowest BCUT2D eigenvalue weighted by Gasteiger charge is -2.56. The summed E-state index contributed by atoms with van der Waals surface area (Å²) in [7, 11) is 0. The van der Waals surface area contributed by atoms with Crippen molar-refractivity contribution < 1.29 is 9.59 Å². The van der Waals surface area contributed by atoms with Crippen LogP contribution in [0, 0.1) is 23.2 Å². The normalized spacial score (nSPS) is 32.1. The molecule has 4 saturated carbocycles. The third-order valence-corrected chi connectivity index (χ3v) is 7.15. The summed E-state index contributed by atoms with van der Waals surface area (Å²) < 4.78 is 0. The van der Waals surface area contributed by atoms with E-state index in [-0.39, 0.29) is 29.8 Å². The van der Waals surface area contributed by atoms with E-state index in [0.717, 1.165) is 23.3 Å². The van der Waals surface area contributed by atoms with Gasteiger partial charge in [0.25, 0.3) is 0 Å². The lowest BCUT2D eigenvalue weighted by Crippen LogP contribution is -2.48. The molecule has 4 aliphatic carbocycles. The van der Waals surface area contributed by atoms with Crippen molar-refractivity contribution >= 4 is 23.4 Å². The Morgan fingerprint density at radius 1 is 1.04 bits per heavy atom. The monoisotopic (exact) mass is 388 g/mol. The van der Waals surface area contributed by atoms with Gasteiger partial charge < -0.3 is 10.6 Å². The highest BCUT2D eigenvalue weighted by Crippen LogP contribution is 2.61. The van der Waals surface area contributed by atoms with E-state index in [1.54, 1.807) is 0 Å². The Balaban J connectivity index is 1.24. The molecule has 5 rings (SSSR count). The summed E-state index contributed by atoms with van der Waals surface area (Å²) in [6.07, 6.45) is 8.38. The molecule has 4 fully saturated rings. The van der Waals surface area contributed by atoms with Crippen LogP contribution in [0.1, 0.15) is 63.5 Å². The first-order valence-electron chi connectivity index (χ1n) is 10.2. The van der Waals surface area contributed by atoms with Crippen LogP contribution < -0.4 is 10.6 Å². The maximum atomic E-state index is 12.5. The molecule has 27 heavy (non-hydrogen) atoms. The minimum atomic E-state index is -0.156. The molecule has 4 aliphatic rings. The summed E-state index contributed by atoms with van der Waals surface area (Å²) in [6, 6.07) is 7.31. The number of rotatable bonds is 6. The van der Waals surface area contributed by atoms with E-state index in [2.05, 4.69) is 10.6 Å². The van der Waals surface area contributed by atoms with Gasteiger partial charge in [0.1, 0.15) is 0 Å². The van der Waals surface area contributed by atoms with Crippen LogP contribution in [-0.2, 0) is 9.59 Å². The zero-order valence-corrected chi connectivity index (χ0v) is 16.7. The molecule has 0 aliphatic heterocycles. The van der Waals surface area contributed by atoms with E-state index in [4.69, 9.17) is 11.6 Å². The van der Waals surface area contributed by atoms with Crippen LogP contribution in [0.15, 0.2) is 24.3 Å². The fourth-order valence-electron chi connectivity index (χ4n) is 6.22. The standard InChI is InChI=1S/C22H29ClN2O2/c1-14(18-2-4-19(23)5-3-18)25-21(27)13-24-20(26)12-22-9-15-6-16(10-22)8-17(7-15)11-22/h2-5,14-17H,6-13H2,1H3,(H,24,26)(H,25,27). The molecular formula is C22H29ClN2O2. The fraction of sp³-hybridized carbons (Fsp3) is 0.636. The van der Waals surface area contributed by atoms with Gasteiger partial charge in [-0.05, 0) is 86.3 Å². The Morgan fingerprint density at radius 2 is 1.59 bits per heavy atom. The van der Waals surface area contributed by atoms with Crippen LogP contribution in [0.4, 0.5) is 0 Å². The molecule has 2 amide bonds. The van der Waals surface area contributed by atoms with E-state index >= 15 is 0 Å². The van der Waals surface area contributed by atoms with Crippen LogP contribution in [0.2, 0.25) is 5.02 Å². The fourth-order valence-corrected chi connectivity index (χ4v) is 6.34. The SMILES string of the molecule is CC(NC(=O)CNC(=O)CC12CC3CC(CC(C3)C1)C2)c1ccc(Cl)cc1. The molecular weight excluding hydrogens is 360 g/mol. The van der Waals surface area contributed by atoms with Crippen LogP contribution in [0.3, 0.4) is 0 Å². The van der Waals surface area contributed by atoms with Gasteiger partial charge >= 0.3 is 0 Å². The van der Waals surface area contributed by atoms with Crippen molar-refractivity contribution in [1.82, 2.24) is 10.6 Å². The number of benzene rings is 1. The van der Waals surface area contributed by atoms with E-state index < -0.39 is 0 Å². The molecule has 0 radical (unpaired) electrons. The van der Waals surface area contributed by atoms with E-state index in [9.17, 15) is 9.59 Å². The average Bonchev–Trinajstić information content (AvgIpc) is 2.59. The van der Waals surface area contributed by atoms with Gasteiger partial charge in [-0.15, -0.1) is 0 Å². The quantitative estimate of drug-likeness (QED) is 0.765. The first kappa shape index (κ1) is 18.8. The van der Waals surface area contributed by atoms with Crippen molar-refractivity contribution in [2.24, 2.45) is 23.2 Å². The predicted octanol–water partition coefficient (Wildman–Crippen LogP) is 4.24. The van der Waals surface area contributed by atoms with Gasteiger partial charge in [0, 0.05) is 11.4 Å². The lowest BCUT2D eigenvalue weighted by atomic mass is 9.49. The van der Waals surface area contributed by atoms with Crippen molar-refractivity contribution in [2.45, 2.75) is 57.9 Å². The summed E-state index contributed by atoms with van der Waals surface area (Å²) in [4.78, 5) is 24.7. The zero-order valence-electron chi connectivity index (χ0n) is 16.0. The molecule has 1 aromatic carbocycles. The summed E-state index contributed by atoms with van der Waals surface area (Å²) in [5.74, 6) is 2.40. The van der Waals surface area contributed by atoms with Gasteiger partial charge in [-0.1, -0.05) is 23.7 Å². The largest absolute Gasteiger partial charge is 0.348 e. The predicted molar refractivity (Wildman–Crippen MR) is 106 cm³/mol. The smallest absolute Gasteiger partial charge is 0.239 e. The number of hydrogen-bond acceptors (Lipinski definition) is 2. The summed E-state index contributed by atoms with van der Waals surface area (Å²) in [5, 5.41) is 6.46. The summed E-state index contributed by atoms with van der Waals surface area (Å²) >= 11 is 5.90. The van der Waals surface area contributed by atoms with Gasteiger partial charge in [0.15, 0.2) is 0 Å². The highest BCUT2D eigenvalue weighted by Gasteiger charge is 2.51. The Labute approximate surface area is 166 Å².